The molecule has 0 radical (unpaired) electrons. The second kappa shape index (κ2) is 9.50. The third kappa shape index (κ3) is 4.30. The summed E-state index contributed by atoms with van der Waals surface area (Å²) in [5.74, 6) is 0.296. The minimum absolute atomic E-state index is 0. The van der Waals surface area contributed by atoms with E-state index < -0.39 is 0 Å². The Morgan fingerprint density at radius 3 is 2.64 bits per heavy atom. The fraction of sp³-hybridized carbons (Fsp3) is 0.360. The van der Waals surface area contributed by atoms with Gasteiger partial charge in [0.25, 0.3) is 0 Å². The van der Waals surface area contributed by atoms with Crippen LogP contribution in [0.2, 0.25) is 5.02 Å². The fourth-order valence-corrected chi connectivity index (χ4v) is 6.13. The van der Waals surface area contributed by atoms with Gasteiger partial charge in [0.05, 0.1) is 23.0 Å². The third-order valence-electron chi connectivity index (χ3n) is 6.86. The van der Waals surface area contributed by atoms with Crippen molar-refractivity contribution >= 4 is 34.9 Å². The van der Waals surface area contributed by atoms with E-state index in [1.165, 1.54) is 22.9 Å². The zero-order valence-electron chi connectivity index (χ0n) is 17.7. The summed E-state index contributed by atoms with van der Waals surface area (Å²) in [7, 11) is 0. The van der Waals surface area contributed by atoms with E-state index in [1.54, 1.807) is 6.20 Å². The van der Waals surface area contributed by atoms with E-state index in [-0.39, 0.29) is 25.5 Å². The summed E-state index contributed by atoms with van der Waals surface area (Å²) in [6, 6.07) is 14.5. The van der Waals surface area contributed by atoms with E-state index in [1.807, 2.05) is 18.2 Å². The van der Waals surface area contributed by atoms with Crippen LogP contribution < -0.4 is 16.4 Å². The van der Waals surface area contributed by atoms with Crippen LogP contribution in [0.1, 0.15) is 43.1 Å². The van der Waals surface area contributed by atoms with Crippen LogP contribution in [0.3, 0.4) is 0 Å². The van der Waals surface area contributed by atoms with Crippen molar-refractivity contribution < 1.29 is 5.11 Å². The summed E-state index contributed by atoms with van der Waals surface area (Å²) in [6.07, 6.45) is 4.72. The lowest BCUT2D eigenvalue weighted by atomic mass is 9.73. The molecule has 1 saturated heterocycles. The standard InChI is InChI=1S/C24H26ClN5OS.CH4/c25-21-19(7-10-28-23(21)27)32-20-6-5-18(17(14-31)29-20)30-11-8-24(9-12-30)13-15-3-1-2-4-16(15)22(24)26;/h1-7,10,22,31H,8-9,11-14,26H2,(H2,27,28);1H4/t22-;/m1./s1. The van der Waals surface area contributed by atoms with E-state index in [9.17, 15) is 5.11 Å². The van der Waals surface area contributed by atoms with Crippen molar-refractivity contribution in [2.45, 2.75) is 49.3 Å². The Kier molecular flexibility index (Phi) is 6.86. The number of aromatic nitrogens is 2. The zero-order valence-corrected chi connectivity index (χ0v) is 19.2. The highest BCUT2D eigenvalue weighted by molar-refractivity contribution is 7.99. The number of nitrogens with two attached hydrogens (primary N) is 2. The second-order valence-electron chi connectivity index (χ2n) is 8.59. The molecule has 5 N–H and O–H groups in total. The molecule has 5 rings (SSSR count). The molecule has 8 heteroatoms. The number of hydrogen-bond acceptors (Lipinski definition) is 7. The molecule has 1 atom stereocenters. The summed E-state index contributed by atoms with van der Waals surface area (Å²) >= 11 is 7.68. The molecule has 2 aromatic heterocycles. The van der Waals surface area contributed by atoms with Crippen LogP contribution in [0, 0.1) is 5.41 Å². The van der Waals surface area contributed by atoms with Crippen molar-refractivity contribution in [2.75, 3.05) is 23.7 Å². The lowest BCUT2D eigenvalue weighted by molar-refractivity contribution is 0.187. The number of rotatable bonds is 4. The van der Waals surface area contributed by atoms with Crippen LogP contribution in [0.15, 0.2) is 58.6 Å². The van der Waals surface area contributed by atoms with E-state index >= 15 is 0 Å². The zero-order chi connectivity index (χ0) is 22.3. The average Bonchev–Trinajstić information content (AvgIpc) is 3.09. The molecule has 0 saturated carbocycles. The summed E-state index contributed by atoms with van der Waals surface area (Å²) < 4.78 is 0. The average molecular weight is 484 g/mol. The number of nitrogens with zero attached hydrogens (tertiary/aromatic N) is 3. The molecule has 1 fully saturated rings. The Bertz CT molecular complexity index is 1150. The van der Waals surface area contributed by atoms with Crippen LogP contribution in [0.25, 0.3) is 0 Å². The van der Waals surface area contributed by atoms with Crippen molar-refractivity contribution in [2.24, 2.45) is 11.1 Å². The monoisotopic (exact) mass is 483 g/mol. The van der Waals surface area contributed by atoms with E-state index in [0.717, 1.165) is 48.0 Å². The van der Waals surface area contributed by atoms with Crippen LogP contribution in [0.4, 0.5) is 11.5 Å². The topological polar surface area (TPSA) is 101 Å². The summed E-state index contributed by atoms with van der Waals surface area (Å²) in [4.78, 5) is 11.8. The Morgan fingerprint density at radius 1 is 1.15 bits per heavy atom. The van der Waals surface area contributed by atoms with Gasteiger partial charge in [0.1, 0.15) is 10.8 Å². The van der Waals surface area contributed by atoms with Gasteiger partial charge in [-0.25, -0.2) is 9.97 Å². The quantitative estimate of drug-likeness (QED) is 0.488. The van der Waals surface area contributed by atoms with Gasteiger partial charge in [0.15, 0.2) is 0 Å². The van der Waals surface area contributed by atoms with Crippen LogP contribution >= 0.6 is 23.4 Å². The Morgan fingerprint density at radius 2 is 1.91 bits per heavy atom. The van der Waals surface area contributed by atoms with Crippen molar-refractivity contribution in [3.8, 4) is 0 Å². The Hall–Kier alpha value is -2.32. The summed E-state index contributed by atoms with van der Waals surface area (Å²) in [5.41, 5.74) is 17.0. The number of benzene rings is 1. The number of fused-ring (bicyclic) bond motifs is 1. The van der Waals surface area contributed by atoms with Crippen molar-refractivity contribution in [1.82, 2.24) is 9.97 Å². The predicted molar refractivity (Wildman–Crippen MR) is 136 cm³/mol. The van der Waals surface area contributed by atoms with Gasteiger partial charge < -0.3 is 21.5 Å². The van der Waals surface area contributed by atoms with Gasteiger partial charge >= 0.3 is 0 Å². The molecule has 6 nitrogen and oxygen atoms in total. The number of piperidine rings is 1. The number of anilines is 2. The first-order valence-corrected chi connectivity index (χ1v) is 12.0. The highest BCUT2D eigenvalue weighted by atomic mass is 35.5. The minimum atomic E-state index is -0.122. The molecular weight excluding hydrogens is 454 g/mol. The normalized spacial score (nSPS) is 18.8. The molecule has 0 amide bonds. The van der Waals surface area contributed by atoms with Crippen LogP contribution in [-0.4, -0.2) is 28.2 Å². The lowest BCUT2D eigenvalue weighted by Crippen LogP contribution is -2.44. The molecule has 0 bridgehead atoms. The molecule has 2 aliphatic rings. The van der Waals surface area contributed by atoms with Crippen molar-refractivity contribution in [3.63, 3.8) is 0 Å². The molecule has 33 heavy (non-hydrogen) atoms. The number of nitrogen functional groups attached to an aromatic ring is 1. The van der Waals surface area contributed by atoms with Gasteiger partial charge in [-0.2, -0.15) is 0 Å². The van der Waals surface area contributed by atoms with Crippen LogP contribution in [0.5, 0.6) is 0 Å². The molecule has 3 heterocycles. The van der Waals surface area contributed by atoms with E-state index in [2.05, 4.69) is 34.1 Å². The van der Waals surface area contributed by atoms with E-state index in [0.29, 0.717) is 16.5 Å². The van der Waals surface area contributed by atoms with Gasteiger partial charge in [-0.3, -0.25) is 0 Å². The Labute approximate surface area is 204 Å². The number of aliphatic hydroxyl groups is 1. The van der Waals surface area contributed by atoms with Gasteiger partial charge in [0.2, 0.25) is 0 Å². The molecule has 1 aromatic carbocycles. The number of hydrogen-bond donors (Lipinski definition) is 3. The largest absolute Gasteiger partial charge is 0.390 e. The SMILES string of the molecule is C.Nc1nccc(Sc2ccc(N3CCC4(CC3)Cc3ccccc3[C@H]4N)c(CO)n2)c1Cl. The second-order valence-corrected chi connectivity index (χ2v) is 10.0. The fourth-order valence-electron chi connectivity index (χ4n) is 5.07. The highest BCUT2D eigenvalue weighted by Crippen LogP contribution is 2.51. The first-order chi connectivity index (χ1) is 15.5. The molecule has 174 valence electrons. The molecule has 1 spiro atoms. The van der Waals surface area contributed by atoms with E-state index in [4.69, 9.17) is 28.1 Å². The lowest BCUT2D eigenvalue weighted by Gasteiger charge is -2.43. The highest BCUT2D eigenvalue weighted by Gasteiger charge is 2.45. The maximum atomic E-state index is 10.0. The van der Waals surface area contributed by atoms with Gasteiger partial charge in [0, 0.05) is 30.2 Å². The van der Waals surface area contributed by atoms with Gasteiger partial charge in [-0.15, -0.1) is 0 Å². The Balaban J connectivity index is 0.00000259. The maximum Gasteiger partial charge on any atom is 0.143 e. The van der Waals surface area contributed by atoms with Crippen molar-refractivity contribution in [3.05, 3.63) is 70.5 Å². The molecule has 1 aliphatic heterocycles. The van der Waals surface area contributed by atoms with Gasteiger partial charge in [-0.05, 0) is 54.0 Å². The van der Waals surface area contributed by atoms with Gasteiger partial charge in [-0.1, -0.05) is 55.1 Å². The molecule has 1 aliphatic carbocycles. The number of pyridine rings is 2. The smallest absolute Gasteiger partial charge is 0.143 e. The molecule has 3 aromatic rings. The third-order valence-corrected chi connectivity index (χ3v) is 8.37. The molecule has 0 unspecified atom stereocenters. The number of aliphatic hydroxyl groups excluding tert-OH is 1. The van der Waals surface area contributed by atoms with Crippen LogP contribution in [-0.2, 0) is 13.0 Å². The maximum absolute atomic E-state index is 10.0. The minimum Gasteiger partial charge on any atom is -0.390 e. The summed E-state index contributed by atoms with van der Waals surface area (Å²) in [5, 5.41) is 11.2. The first kappa shape index (κ1) is 23.8. The predicted octanol–water partition coefficient (Wildman–Crippen LogP) is 4.83. The first-order valence-electron chi connectivity index (χ1n) is 10.8. The molecular formula is C25H30ClN5OS. The summed E-state index contributed by atoms with van der Waals surface area (Å²) in [6.45, 7) is 1.67. The number of halogens is 1. The van der Waals surface area contributed by atoms with Crippen molar-refractivity contribution in [1.29, 1.82) is 0 Å².